The molecule has 3 N–H and O–H groups in total. The molecule has 0 bridgehead atoms. The smallest absolute Gasteiger partial charge is 0.0701 e. The molecule has 1 fully saturated rings. The highest BCUT2D eigenvalue weighted by Gasteiger charge is 2.21. The van der Waals surface area contributed by atoms with Crippen LogP contribution in [0.5, 0.6) is 0 Å². The van der Waals surface area contributed by atoms with E-state index in [1.54, 1.807) is 0 Å². The zero-order valence-corrected chi connectivity index (χ0v) is 11.6. The van der Waals surface area contributed by atoms with E-state index in [9.17, 15) is 0 Å². The van der Waals surface area contributed by atoms with Crippen molar-refractivity contribution < 1.29 is 9.84 Å². The Bertz CT molecular complexity index is 401. The van der Waals surface area contributed by atoms with Crippen LogP contribution in [0, 0.1) is 6.92 Å². The molecule has 2 rings (SSSR count). The van der Waals surface area contributed by atoms with Gasteiger partial charge >= 0.3 is 0 Å². The standard InChI is InChI=1S/C15H24N2O2/c1-12-2-3-13(11-16)15(10-12)17-6-4-14(5-7-17)19-9-8-18/h2-3,10,14,18H,4-9,11,16H2,1H3. The minimum absolute atomic E-state index is 0.107. The van der Waals surface area contributed by atoms with Crippen LogP contribution in [-0.2, 0) is 11.3 Å². The maximum absolute atomic E-state index is 8.78. The lowest BCUT2D eigenvalue weighted by Crippen LogP contribution is -2.38. The Morgan fingerprint density at radius 3 is 2.74 bits per heavy atom. The van der Waals surface area contributed by atoms with Crippen LogP contribution in [0.15, 0.2) is 18.2 Å². The topological polar surface area (TPSA) is 58.7 Å². The first-order valence-electron chi connectivity index (χ1n) is 7.01. The molecular weight excluding hydrogens is 240 g/mol. The Morgan fingerprint density at radius 2 is 2.11 bits per heavy atom. The normalized spacial score (nSPS) is 16.9. The Morgan fingerprint density at radius 1 is 1.37 bits per heavy atom. The number of ether oxygens (including phenoxy) is 1. The molecule has 19 heavy (non-hydrogen) atoms. The minimum atomic E-state index is 0.107. The fourth-order valence-corrected chi connectivity index (χ4v) is 2.62. The van der Waals surface area contributed by atoms with Gasteiger partial charge in [0, 0.05) is 25.3 Å². The van der Waals surface area contributed by atoms with Gasteiger partial charge in [0.2, 0.25) is 0 Å². The lowest BCUT2D eigenvalue weighted by molar-refractivity contribution is 0.0159. The molecule has 0 aliphatic carbocycles. The van der Waals surface area contributed by atoms with Gasteiger partial charge in [-0.3, -0.25) is 0 Å². The highest BCUT2D eigenvalue weighted by molar-refractivity contribution is 5.55. The number of nitrogens with zero attached hydrogens (tertiary/aromatic N) is 1. The lowest BCUT2D eigenvalue weighted by atomic mass is 10.0. The molecule has 4 nitrogen and oxygen atoms in total. The van der Waals surface area contributed by atoms with E-state index in [1.807, 2.05) is 0 Å². The first kappa shape index (κ1) is 14.3. The van der Waals surface area contributed by atoms with Crippen LogP contribution in [0.3, 0.4) is 0 Å². The second-order valence-corrected chi connectivity index (χ2v) is 5.12. The summed E-state index contributed by atoms with van der Waals surface area (Å²) in [7, 11) is 0. The van der Waals surface area contributed by atoms with Crippen LogP contribution in [0.25, 0.3) is 0 Å². The molecular formula is C15H24N2O2. The monoisotopic (exact) mass is 264 g/mol. The van der Waals surface area contributed by atoms with Gasteiger partial charge in [0.05, 0.1) is 19.3 Å². The second-order valence-electron chi connectivity index (χ2n) is 5.12. The summed E-state index contributed by atoms with van der Waals surface area (Å²) < 4.78 is 5.60. The number of aryl methyl sites for hydroxylation is 1. The molecule has 4 heteroatoms. The van der Waals surface area contributed by atoms with Gasteiger partial charge in [0.25, 0.3) is 0 Å². The number of hydrogen-bond donors (Lipinski definition) is 2. The van der Waals surface area contributed by atoms with Crippen LogP contribution < -0.4 is 10.6 Å². The van der Waals surface area contributed by atoms with Gasteiger partial charge in [-0.25, -0.2) is 0 Å². The number of nitrogens with two attached hydrogens (primary N) is 1. The van der Waals surface area contributed by atoms with Gasteiger partial charge in [0.1, 0.15) is 0 Å². The van der Waals surface area contributed by atoms with Gasteiger partial charge in [-0.2, -0.15) is 0 Å². The third-order valence-electron chi connectivity index (χ3n) is 3.69. The summed E-state index contributed by atoms with van der Waals surface area (Å²) in [5.41, 5.74) is 9.57. The van der Waals surface area contributed by atoms with E-state index in [-0.39, 0.29) is 12.7 Å². The predicted octanol–water partition coefficient (Wildman–Crippen LogP) is 1.43. The average Bonchev–Trinajstić information content (AvgIpc) is 2.45. The Labute approximate surface area is 115 Å². The van der Waals surface area contributed by atoms with Crippen molar-refractivity contribution in [3.05, 3.63) is 29.3 Å². The molecule has 0 saturated carbocycles. The molecule has 1 aromatic rings. The second kappa shape index (κ2) is 6.89. The molecule has 1 aliphatic rings. The summed E-state index contributed by atoms with van der Waals surface area (Å²) in [6, 6.07) is 6.46. The first-order valence-corrected chi connectivity index (χ1v) is 7.01. The number of piperidine rings is 1. The average molecular weight is 264 g/mol. The number of aliphatic hydroxyl groups is 1. The number of anilines is 1. The van der Waals surface area contributed by atoms with Crippen LogP contribution in [0.1, 0.15) is 24.0 Å². The fourth-order valence-electron chi connectivity index (χ4n) is 2.62. The zero-order chi connectivity index (χ0) is 13.7. The molecule has 106 valence electrons. The van der Waals surface area contributed by atoms with Crippen molar-refractivity contribution in [2.24, 2.45) is 5.73 Å². The van der Waals surface area contributed by atoms with Gasteiger partial charge in [0.15, 0.2) is 0 Å². The molecule has 1 aromatic carbocycles. The highest BCUT2D eigenvalue weighted by Crippen LogP contribution is 2.26. The van der Waals surface area contributed by atoms with Crippen molar-refractivity contribution in [1.29, 1.82) is 0 Å². The quantitative estimate of drug-likeness (QED) is 0.844. The fraction of sp³-hybridized carbons (Fsp3) is 0.600. The SMILES string of the molecule is Cc1ccc(CN)c(N2CCC(OCCO)CC2)c1. The molecule has 0 aromatic heterocycles. The van der Waals surface area contributed by atoms with E-state index in [0.717, 1.165) is 25.9 Å². The first-order chi connectivity index (χ1) is 9.24. The van der Waals surface area contributed by atoms with Crippen LogP contribution in [0.2, 0.25) is 0 Å². The molecule has 1 heterocycles. The Kier molecular flexibility index (Phi) is 5.19. The minimum Gasteiger partial charge on any atom is -0.394 e. The number of rotatable bonds is 5. The van der Waals surface area contributed by atoms with Crippen molar-refractivity contribution in [3.63, 3.8) is 0 Å². The van der Waals surface area contributed by atoms with E-state index in [0.29, 0.717) is 13.2 Å². The van der Waals surface area contributed by atoms with E-state index in [4.69, 9.17) is 15.6 Å². The maximum Gasteiger partial charge on any atom is 0.0701 e. The number of hydrogen-bond acceptors (Lipinski definition) is 4. The van der Waals surface area contributed by atoms with Gasteiger partial charge in [-0.1, -0.05) is 12.1 Å². The van der Waals surface area contributed by atoms with Crippen molar-refractivity contribution in [2.75, 3.05) is 31.2 Å². The van der Waals surface area contributed by atoms with E-state index < -0.39 is 0 Å². The van der Waals surface area contributed by atoms with Crippen LogP contribution in [0.4, 0.5) is 5.69 Å². The summed E-state index contributed by atoms with van der Waals surface area (Å²) >= 11 is 0. The third kappa shape index (κ3) is 3.69. The predicted molar refractivity (Wildman–Crippen MR) is 77.3 cm³/mol. The summed E-state index contributed by atoms with van der Waals surface area (Å²) in [5.74, 6) is 0. The molecule has 1 aliphatic heterocycles. The van der Waals surface area contributed by atoms with Crippen molar-refractivity contribution in [1.82, 2.24) is 0 Å². The summed E-state index contributed by atoms with van der Waals surface area (Å²) in [5, 5.41) is 8.78. The van der Waals surface area contributed by atoms with Crippen LogP contribution >= 0.6 is 0 Å². The van der Waals surface area contributed by atoms with Gasteiger partial charge in [-0.05, 0) is 37.0 Å². The van der Waals surface area contributed by atoms with Gasteiger partial charge < -0.3 is 20.5 Å². The number of aliphatic hydroxyl groups excluding tert-OH is 1. The molecule has 0 spiro atoms. The van der Waals surface area contributed by atoms with Crippen LogP contribution in [-0.4, -0.2) is 37.5 Å². The Hall–Kier alpha value is -1.10. The molecule has 0 radical (unpaired) electrons. The molecule has 0 atom stereocenters. The summed E-state index contributed by atoms with van der Waals surface area (Å²) in [6.07, 6.45) is 2.31. The van der Waals surface area contributed by atoms with Gasteiger partial charge in [-0.15, -0.1) is 0 Å². The van der Waals surface area contributed by atoms with E-state index in [2.05, 4.69) is 30.0 Å². The summed E-state index contributed by atoms with van der Waals surface area (Å²) in [4.78, 5) is 2.40. The highest BCUT2D eigenvalue weighted by atomic mass is 16.5. The van der Waals surface area contributed by atoms with Crippen molar-refractivity contribution in [2.45, 2.75) is 32.4 Å². The third-order valence-corrected chi connectivity index (χ3v) is 3.69. The lowest BCUT2D eigenvalue weighted by Gasteiger charge is -2.34. The maximum atomic E-state index is 8.78. The van der Waals surface area contributed by atoms with E-state index in [1.165, 1.54) is 16.8 Å². The Balaban J connectivity index is 1.99. The number of benzene rings is 1. The summed E-state index contributed by atoms with van der Waals surface area (Å²) in [6.45, 7) is 5.23. The van der Waals surface area contributed by atoms with Crippen molar-refractivity contribution >= 4 is 5.69 Å². The molecule has 0 amide bonds. The van der Waals surface area contributed by atoms with E-state index >= 15 is 0 Å². The largest absolute Gasteiger partial charge is 0.394 e. The molecule has 1 saturated heterocycles. The van der Waals surface area contributed by atoms with Crippen molar-refractivity contribution in [3.8, 4) is 0 Å². The zero-order valence-electron chi connectivity index (χ0n) is 11.6. The molecule has 0 unspecified atom stereocenters.